The lowest BCUT2D eigenvalue weighted by Crippen LogP contribution is -2.40. The van der Waals surface area contributed by atoms with Crippen LogP contribution in [0, 0.1) is 0 Å². The Balaban J connectivity index is 1.99. The Kier molecular flexibility index (Phi) is 8.49. The standard InChI is InChI=1S/C22H27NO5/c1-4-28-22(25)18(15-19(24)17-8-6-5-7-9-17)23-13-12-16-10-11-20(26-2)21(14-16)27-3/h5-11,14,18,23H,4,12-13,15H2,1-3H3/t18-/m0/s1. The Labute approximate surface area is 165 Å². The van der Waals surface area contributed by atoms with E-state index in [-0.39, 0.29) is 18.8 Å². The van der Waals surface area contributed by atoms with Crippen LogP contribution in [0.4, 0.5) is 0 Å². The average molecular weight is 385 g/mol. The first-order valence-corrected chi connectivity index (χ1v) is 9.28. The van der Waals surface area contributed by atoms with E-state index in [2.05, 4.69) is 5.32 Å². The lowest BCUT2D eigenvalue weighted by molar-refractivity contribution is -0.145. The molecule has 0 heterocycles. The van der Waals surface area contributed by atoms with E-state index in [1.165, 1.54) is 0 Å². The minimum Gasteiger partial charge on any atom is -0.493 e. The predicted molar refractivity (Wildman–Crippen MR) is 107 cm³/mol. The molecule has 0 fully saturated rings. The van der Waals surface area contributed by atoms with Crippen LogP contribution in [0.2, 0.25) is 0 Å². The molecule has 0 saturated carbocycles. The fourth-order valence-electron chi connectivity index (χ4n) is 2.84. The number of ether oxygens (including phenoxy) is 3. The molecule has 0 unspecified atom stereocenters. The smallest absolute Gasteiger partial charge is 0.323 e. The van der Waals surface area contributed by atoms with Gasteiger partial charge in [-0.25, -0.2) is 0 Å². The highest BCUT2D eigenvalue weighted by atomic mass is 16.5. The van der Waals surface area contributed by atoms with Gasteiger partial charge in [-0.05, 0) is 37.6 Å². The van der Waals surface area contributed by atoms with Crippen molar-refractivity contribution >= 4 is 11.8 Å². The molecule has 0 radical (unpaired) electrons. The van der Waals surface area contributed by atoms with E-state index in [0.717, 1.165) is 5.56 Å². The van der Waals surface area contributed by atoms with Gasteiger partial charge in [0, 0.05) is 12.0 Å². The molecule has 0 aromatic heterocycles. The summed E-state index contributed by atoms with van der Waals surface area (Å²) in [6.45, 7) is 2.53. The number of rotatable bonds is 11. The summed E-state index contributed by atoms with van der Waals surface area (Å²) in [6.07, 6.45) is 0.713. The summed E-state index contributed by atoms with van der Waals surface area (Å²) in [4.78, 5) is 24.7. The van der Waals surface area contributed by atoms with Crippen LogP contribution < -0.4 is 14.8 Å². The van der Waals surface area contributed by atoms with Crippen LogP contribution in [0.25, 0.3) is 0 Å². The van der Waals surface area contributed by atoms with Gasteiger partial charge >= 0.3 is 5.97 Å². The third kappa shape index (κ3) is 6.09. The van der Waals surface area contributed by atoms with Crippen LogP contribution in [0.15, 0.2) is 48.5 Å². The highest BCUT2D eigenvalue weighted by Crippen LogP contribution is 2.27. The fraction of sp³-hybridized carbons (Fsp3) is 0.364. The molecule has 1 N–H and O–H groups in total. The maximum atomic E-state index is 12.5. The number of hydrogen-bond donors (Lipinski definition) is 1. The van der Waals surface area contributed by atoms with E-state index < -0.39 is 12.0 Å². The van der Waals surface area contributed by atoms with Crippen LogP contribution >= 0.6 is 0 Å². The second-order valence-electron chi connectivity index (χ2n) is 6.19. The third-order valence-corrected chi connectivity index (χ3v) is 4.31. The second-order valence-corrected chi connectivity index (χ2v) is 6.19. The van der Waals surface area contributed by atoms with E-state index in [1.807, 2.05) is 24.3 Å². The predicted octanol–water partition coefficient (Wildman–Crippen LogP) is 3.04. The van der Waals surface area contributed by atoms with Crippen molar-refractivity contribution < 1.29 is 23.8 Å². The summed E-state index contributed by atoms with van der Waals surface area (Å²) >= 11 is 0. The van der Waals surface area contributed by atoms with Gasteiger partial charge in [-0.2, -0.15) is 0 Å². The summed E-state index contributed by atoms with van der Waals surface area (Å²) < 4.78 is 15.7. The number of nitrogens with one attached hydrogen (secondary N) is 1. The van der Waals surface area contributed by atoms with Crippen LogP contribution in [-0.4, -0.2) is 45.2 Å². The van der Waals surface area contributed by atoms with Crippen molar-refractivity contribution in [3.05, 3.63) is 59.7 Å². The van der Waals surface area contributed by atoms with Crippen molar-refractivity contribution in [1.29, 1.82) is 0 Å². The Morgan fingerprint density at radius 2 is 1.71 bits per heavy atom. The molecule has 0 bridgehead atoms. The van der Waals surface area contributed by atoms with E-state index in [1.54, 1.807) is 45.4 Å². The Hall–Kier alpha value is -2.86. The molecule has 0 aliphatic carbocycles. The first-order valence-electron chi connectivity index (χ1n) is 9.28. The molecule has 150 valence electrons. The molecule has 0 saturated heterocycles. The van der Waals surface area contributed by atoms with Gasteiger partial charge < -0.3 is 19.5 Å². The summed E-state index contributed by atoms with van der Waals surface area (Å²) in [5, 5.41) is 3.15. The van der Waals surface area contributed by atoms with Gasteiger partial charge in [-0.15, -0.1) is 0 Å². The highest BCUT2D eigenvalue weighted by molar-refractivity contribution is 5.98. The Morgan fingerprint density at radius 3 is 2.36 bits per heavy atom. The normalized spacial score (nSPS) is 11.5. The number of carbonyl (C=O) groups is 2. The van der Waals surface area contributed by atoms with Crippen LogP contribution in [-0.2, 0) is 16.0 Å². The van der Waals surface area contributed by atoms with Gasteiger partial charge in [-0.3, -0.25) is 9.59 Å². The number of methoxy groups -OCH3 is 2. The zero-order valence-corrected chi connectivity index (χ0v) is 16.6. The summed E-state index contributed by atoms with van der Waals surface area (Å²) in [6, 6.07) is 13.9. The molecule has 6 heteroatoms. The van der Waals surface area contributed by atoms with E-state index in [9.17, 15) is 9.59 Å². The molecule has 0 aliphatic heterocycles. The van der Waals surface area contributed by atoms with Crippen molar-refractivity contribution in [2.45, 2.75) is 25.8 Å². The second kappa shape index (κ2) is 11.1. The maximum absolute atomic E-state index is 12.5. The average Bonchev–Trinajstić information content (AvgIpc) is 2.73. The van der Waals surface area contributed by atoms with Crippen molar-refractivity contribution in [1.82, 2.24) is 5.32 Å². The topological polar surface area (TPSA) is 73.9 Å². The molecule has 2 rings (SSSR count). The number of benzene rings is 2. The van der Waals surface area contributed by atoms with Crippen molar-refractivity contribution in [2.24, 2.45) is 0 Å². The van der Waals surface area contributed by atoms with Crippen LogP contribution in [0.1, 0.15) is 29.3 Å². The van der Waals surface area contributed by atoms with Gasteiger partial charge in [0.05, 0.1) is 20.8 Å². The Morgan fingerprint density at radius 1 is 1.00 bits per heavy atom. The lowest BCUT2D eigenvalue weighted by atomic mass is 10.0. The van der Waals surface area contributed by atoms with Gasteiger partial charge in [0.15, 0.2) is 17.3 Å². The number of esters is 1. The molecule has 0 aliphatic rings. The maximum Gasteiger partial charge on any atom is 0.323 e. The van der Waals surface area contributed by atoms with Gasteiger partial charge in [0.25, 0.3) is 0 Å². The molecule has 2 aromatic carbocycles. The van der Waals surface area contributed by atoms with E-state index in [0.29, 0.717) is 30.0 Å². The molecule has 0 amide bonds. The fourth-order valence-corrected chi connectivity index (χ4v) is 2.84. The SMILES string of the molecule is CCOC(=O)[C@H](CC(=O)c1ccccc1)NCCc1ccc(OC)c(OC)c1. The number of ketones is 1. The molecule has 0 spiro atoms. The van der Waals surface area contributed by atoms with Crippen molar-refractivity contribution in [3.63, 3.8) is 0 Å². The van der Waals surface area contributed by atoms with E-state index in [4.69, 9.17) is 14.2 Å². The van der Waals surface area contributed by atoms with Crippen LogP contribution in [0.5, 0.6) is 11.5 Å². The largest absolute Gasteiger partial charge is 0.493 e. The minimum absolute atomic E-state index is 0.0504. The lowest BCUT2D eigenvalue weighted by Gasteiger charge is -2.17. The quantitative estimate of drug-likeness (QED) is 0.473. The monoisotopic (exact) mass is 385 g/mol. The van der Waals surface area contributed by atoms with Crippen LogP contribution in [0.3, 0.4) is 0 Å². The zero-order chi connectivity index (χ0) is 20.4. The van der Waals surface area contributed by atoms with E-state index >= 15 is 0 Å². The third-order valence-electron chi connectivity index (χ3n) is 4.31. The van der Waals surface area contributed by atoms with Crippen molar-refractivity contribution in [2.75, 3.05) is 27.4 Å². The molecule has 2 aromatic rings. The zero-order valence-electron chi connectivity index (χ0n) is 16.6. The first-order chi connectivity index (χ1) is 13.6. The summed E-state index contributed by atoms with van der Waals surface area (Å²) in [5.41, 5.74) is 1.61. The number of carbonyl (C=O) groups excluding carboxylic acids is 2. The highest BCUT2D eigenvalue weighted by Gasteiger charge is 2.23. The van der Waals surface area contributed by atoms with Gasteiger partial charge in [0.2, 0.25) is 0 Å². The summed E-state index contributed by atoms with van der Waals surface area (Å²) in [5.74, 6) is 0.801. The first kappa shape index (κ1) is 21.4. The molecule has 1 atom stereocenters. The number of Topliss-reactive ketones (excluding diaryl/α,β-unsaturated/α-hetero) is 1. The molecule has 6 nitrogen and oxygen atoms in total. The Bertz CT molecular complexity index is 776. The number of hydrogen-bond acceptors (Lipinski definition) is 6. The van der Waals surface area contributed by atoms with Crippen molar-refractivity contribution in [3.8, 4) is 11.5 Å². The molecular weight excluding hydrogens is 358 g/mol. The van der Waals surface area contributed by atoms with Gasteiger partial charge in [-0.1, -0.05) is 36.4 Å². The molecular formula is C22H27NO5. The minimum atomic E-state index is -0.687. The summed E-state index contributed by atoms with van der Waals surface area (Å²) in [7, 11) is 3.18. The molecule has 28 heavy (non-hydrogen) atoms. The van der Waals surface area contributed by atoms with Gasteiger partial charge in [0.1, 0.15) is 6.04 Å².